The zero-order chi connectivity index (χ0) is 23.5. The van der Waals surface area contributed by atoms with Gasteiger partial charge in [-0.3, -0.25) is 14.5 Å². The van der Waals surface area contributed by atoms with E-state index in [1.807, 2.05) is 0 Å². The molecule has 7 nitrogen and oxygen atoms in total. The lowest BCUT2D eigenvalue weighted by molar-refractivity contribution is -0.137. The Bertz CT molecular complexity index is 967. The number of nitrogens with one attached hydrogen (secondary N) is 1. The van der Waals surface area contributed by atoms with E-state index in [2.05, 4.69) is 5.32 Å². The first-order valence-electron chi connectivity index (χ1n) is 10.7. The Labute approximate surface area is 185 Å². The van der Waals surface area contributed by atoms with E-state index in [0.717, 1.165) is 38.2 Å². The van der Waals surface area contributed by atoms with E-state index >= 15 is 0 Å². The van der Waals surface area contributed by atoms with Crippen molar-refractivity contribution in [2.24, 2.45) is 0 Å². The van der Waals surface area contributed by atoms with Crippen LogP contribution < -0.4 is 5.32 Å². The maximum atomic E-state index is 13.8. The molecule has 1 aromatic rings. The number of amides is 2. The molecule has 1 atom stereocenters. The predicted molar refractivity (Wildman–Crippen MR) is 113 cm³/mol. The summed E-state index contributed by atoms with van der Waals surface area (Å²) in [6, 6.07) is 1.24. The molecule has 0 radical (unpaired) electrons. The molecule has 1 aliphatic heterocycles. The summed E-state index contributed by atoms with van der Waals surface area (Å²) in [5.41, 5.74) is -0.492. The van der Waals surface area contributed by atoms with Crippen LogP contribution in [0.4, 0.5) is 18.9 Å². The summed E-state index contributed by atoms with van der Waals surface area (Å²) in [6.07, 6.45) is 5.09. The number of anilines is 1. The maximum Gasteiger partial charge on any atom is 0.238 e. The van der Waals surface area contributed by atoms with Gasteiger partial charge in [0.25, 0.3) is 0 Å². The van der Waals surface area contributed by atoms with Crippen LogP contribution >= 0.6 is 0 Å². The fourth-order valence-corrected chi connectivity index (χ4v) is 6.20. The van der Waals surface area contributed by atoms with Crippen molar-refractivity contribution in [2.75, 3.05) is 37.0 Å². The minimum absolute atomic E-state index is 0.0203. The van der Waals surface area contributed by atoms with Crippen LogP contribution in [0.15, 0.2) is 12.1 Å². The first kappa shape index (κ1) is 24.5. The van der Waals surface area contributed by atoms with Crippen LogP contribution in [-0.2, 0) is 19.4 Å². The van der Waals surface area contributed by atoms with Gasteiger partial charge in [0.05, 0.1) is 30.3 Å². The Morgan fingerprint density at radius 2 is 1.69 bits per heavy atom. The molecule has 0 aromatic heterocycles. The highest BCUT2D eigenvalue weighted by molar-refractivity contribution is 7.91. The van der Waals surface area contributed by atoms with Crippen molar-refractivity contribution in [3.05, 3.63) is 29.6 Å². The molecule has 1 heterocycles. The minimum atomic E-state index is -3.17. The molecule has 1 N–H and O–H groups in total. The molecule has 1 aromatic carbocycles. The van der Waals surface area contributed by atoms with E-state index < -0.39 is 38.9 Å². The number of benzene rings is 1. The second-order valence-electron chi connectivity index (χ2n) is 8.59. The van der Waals surface area contributed by atoms with Crippen LogP contribution in [0.1, 0.15) is 38.5 Å². The van der Waals surface area contributed by atoms with Crippen LogP contribution in [0.3, 0.4) is 0 Å². The molecule has 11 heteroatoms. The molecule has 2 fully saturated rings. The Morgan fingerprint density at radius 3 is 2.31 bits per heavy atom. The third kappa shape index (κ3) is 6.00. The van der Waals surface area contributed by atoms with Crippen LogP contribution in [0, 0.1) is 17.5 Å². The van der Waals surface area contributed by atoms with Crippen LogP contribution in [0.25, 0.3) is 0 Å². The number of hydrogen-bond donors (Lipinski definition) is 1. The lowest BCUT2D eigenvalue weighted by Gasteiger charge is -2.39. The van der Waals surface area contributed by atoms with Gasteiger partial charge in [-0.05, 0) is 38.4 Å². The fourth-order valence-electron chi connectivity index (χ4n) is 4.49. The molecule has 32 heavy (non-hydrogen) atoms. The molecule has 2 amide bonds. The van der Waals surface area contributed by atoms with E-state index in [4.69, 9.17) is 0 Å². The maximum absolute atomic E-state index is 13.8. The zero-order valence-electron chi connectivity index (χ0n) is 18.0. The Balaban J connectivity index is 1.62. The second-order valence-corrected chi connectivity index (χ2v) is 10.8. The lowest BCUT2D eigenvalue weighted by Crippen LogP contribution is -2.52. The van der Waals surface area contributed by atoms with Crippen molar-refractivity contribution in [1.82, 2.24) is 9.80 Å². The van der Waals surface area contributed by atoms with Gasteiger partial charge in [0.15, 0.2) is 27.3 Å². The molecule has 1 aliphatic carbocycles. The highest BCUT2D eigenvalue weighted by Crippen LogP contribution is 2.28. The van der Waals surface area contributed by atoms with Crippen LogP contribution in [0.5, 0.6) is 0 Å². The van der Waals surface area contributed by atoms with Gasteiger partial charge >= 0.3 is 0 Å². The zero-order valence-corrected chi connectivity index (χ0v) is 18.8. The lowest BCUT2D eigenvalue weighted by atomic mass is 9.93. The first-order chi connectivity index (χ1) is 15.1. The Kier molecular flexibility index (Phi) is 7.81. The third-order valence-electron chi connectivity index (χ3n) is 5.99. The van der Waals surface area contributed by atoms with Crippen LogP contribution in [0.2, 0.25) is 0 Å². The smallest absolute Gasteiger partial charge is 0.238 e. The van der Waals surface area contributed by atoms with Gasteiger partial charge in [0, 0.05) is 12.1 Å². The number of sulfone groups is 1. The number of halogens is 3. The van der Waals surface area contributed by atoms with E-state index in [1.165, 1.54) is 11.9 Å². The summed E-state index contributed by atoms with van der Waals surface area (Å²) in [4.78, 5) is 28.5. The van der Waals surface area contributed by atoms with Gasteiger partial charge in [-0.2, -0.15) is 0 Å². The van der Waals surface area contributed by atoms with Crippen molar-refractivity contribution in [1.29, 1.82) is 0 Å². The summed E-state index contributed by atoms with van der Waals surface area (Å²) < 4.78 is 64.1. The van der Waals surface area contributed by atoms with Crippen molar-refractivity contribution in [3.8, 4) is 0 Å². The van der Waals surface area contributed by atoms with E-state index in [-0.39, 0.29) is 42.6 Å². The molecule has 0 bridgehead atoms. The standard InChI is InChI=1S/C21H28F3N3O4S/c1-26(11-18(28)25-17-8-7-16(22)20(23)21(17)24)12-19(29)27(14-5-3-2-4-6-14)15-9-10-32(30,31)13-15/h7-8,14-15H,2-6,9-13H2,1H3,(H,25,28). The summed E-state index contributed by atoms with van der Waals surface area (Å²) in [5.74, 6) is -5.48. The van der Waals surface area contributed by atoms with Gasteiger partial charge in [-0.25, -0.2) is 21.6 Å². The normalized spacial score (nSPS) is 21.0. The highest BCUT2D eigenvalue weighted by Gasteiger charge is 2.38. The first-order valence-corrected chi connectivity index (χ1v) is 12.5. The molecule has 2 aliphatic rings. The Hall–Kier alpha value is -2.14. The average molecular weight is 476 g/mol. The van der Waals surface area contributed by atoms with Crippen molar-refractivity contribution < 1.29 is 31.2 Å². The molecular formula is C21H28F3N3O4S. The number of nitrogens with zero attached hydrogens (tertiary/aromatic N) is 2. The molecule has 1 saturated carbocycles. The van der Waals surface area contributed by atoms with Gasteiger partial charge in [-0.1, -0.05) is 19.3 Å². The van der Waals surface area contributed by atoms with Gasteiger partial charge in [0.2, 0.25) is 11.8 Å². The summed E-state index contributed by atoms with van der Waals surface area (Å²) in [5, 5.41) is 2.17. The van der Waals surface area contributed by atoms with Gasteiger partial charge in [0.1, 0.15) is 0 Å². The molecule has 0 spiro atoms. The quantitative estimate of drug-likeness (QED) is 0.612. The van der Waals surface area contributed by atoms with Crippen molar-refractivity contribution >= 4 is 27.3 Å². The van der Waals surface area contributed by atoms with Gasteiger partial charge < -0.3 is 10.2 Å². The largest absolute Gasteiger partial charge is 0.335 e. The topological polar surface area (TPSA) is 86.8 Å². The average Bonchev–Trinajstić information content (AvgIpc) is 3.08. The number of carbonyl (C=O) groups excluding carboxylic acids is 2. The van der Waals surface area contributed by atoms with Gasteiger partial charge in [-0.15, -0.1) is 0 Å². The molecule has 1 saturated heterocycles. The van der Waals surface area contributed by atoms with E-state index in [9.17, 15) is 31.2 Å². The molecule has 178 valence electrons. The predicted octanol–water partition coefficient (Wildman–Crippen LogP) is 2.32. The molecule has 1 unspecified atom stereocenters. The molecular weight excluding hydrogens is 447 g/mol. The van der Waals surface area contributed by atoms with Crippen molar-refractivity contribution in [3.63, 3.8) is 0 Å². The summed E-state index contributed by atoms with van der Waals surface area (Å²) in [6.45, 7) is -0.410. The number of likely N-dealkylation sites (N-methyl/N-ethyl adjacent to an activating group) is 1. The van der Waals surface area contributed by atoms with Crippen molar-refractivity contribution in [2.45, 2.75) is 50.6 Å². The fraction of sp³-hybridized carbons (Fsp3) is 0.619. The second kappa shape index (κ2) is 10.2. The summed E-state index contributed by atoms with van der Waals surface area (Å²) in [7, 11) is -1.64. The number of hydrogen-bond acceptors (Lipinski definition) is 5. The highest BCUT2D eigenvalue weighted by atomic mass is 32.2. The van der Waals surface area contributed by atoms with E-state index in [0.29, 0.717) is 12.5 Å². The molecule has 3 rings (SSSR count). The number of carbonyl (C=O) groups is 2. The summed E-state index contributed by atoms with van der Waals surface area (Å²) >= 11 is 0. The minimum Gasteiger partial charge on any atom is -0.335 e. The Morgan fingerprint density at radius 1 is 1.00 bits per heavy atom. The number of rotatable bonds is 7. The monoisotopic (exact) mass is 475 g/mol. The van der Waals surface area contributed by atoms with Crippen LogP contribution in [-0.4, -0.2) is 73.8 Å². The SMILES string of the molecule is CN(CC(=O)Nc1ccc(F)c(F)c1F)CC(=O)N(C1CCCCC1)C1CCS(=O)(=O)C1. The van der Waals surface area contributed by atoms with E-state index in [1.54, 1.807) is 4.90 Å². The third-order valence-corrected chi connectivity index (χ3v) is 7.74.